The van der Waals surface area contributed by atoms with Gasteiger partial charge in [0.25, 0.3) is 0 Å². The number of amides is 1. The molecule has 3 rings (SSSR count). The van der Waals surface area contributed by atoms with Gasteiger partial charge in [0.2, 0.25) is 5.91 Å². The predicted octanol–water partition coefficient (Wildman–Crippen LogP) is 4.36. The Bertz CT molecular complexity index is 810. The molecule has 1 N–H and O–H groups in total. The molecule has 0 unspecified atom stereocenters. The van der Waals surface area contributed by atoms with Crippen molar-refractivity contribution in [3.05, 3.63) is 70.6 Å². The fourth-order valence-electron chi connectivity index (χ4n) is 2.82. The van der Waals surface area contributed by atoms with Crippen molar-refractivity contribution in [1.82, 2.24) is 10.2 Å². The van der Waals surface area contributed by atoms with Gasteiger partial charge in [-0.15, -0.1) is 11.3 Å². The minimum atomic E-state index is 0.0473. The van der Waals surface area contributed by atoms with Gasteiger partial charge in [0.15, 0.2) is 0 Å². The highest BCUT2D eigenvalue weighted by atomic mass is 32.1. The van der Waals surface area contributed by atoms with E-state index in [-0.39, 0.29) is 11.9 Å². The maximum Gasteiger partial charge on any atom is 0.220 e. The zero-order chi connectivity index (χ0) is 18.4. The summed E-state index contributed by atoms with van der Waals surface area (Å²) in [6, 6.07) is 18.2. The Labute approximate surface area is 158 Å². The van der Waals surface area contributed by atoms with Crippen LogP contribution in [0.2, 0.25) is 0 Å². The molecule has 1 atom stereocenters. The maximum atomic E-state index is 12.2. The molecule has 2 aromatic heterocycles. The van der Waals surface area contributed by atoms with Gasteiger partial charge in [0, 0.05) is 29.8 Å². The summed E-state index contributed by atoms with van der Waals surface area (Å²) in [6.07, 6.45) is 1.02. The van der Waals surface area contributed by atoms with Crippen LogP contribution in [0, 0.1) is 0 Å². The van der Waals surface area contributed by atoms with Crippen molar-refractivity contribution in [1.29, 1.82) is 0 Å². The molecule has 0 bridgehead atoms. The van der Waals surface area contributed by atoms with Crippen LogP contribution in [0.15, 0.2) is 64.4 Å². The summed E-state index contributed by atoms with van der Waals surface area (Å²) in [4.78, 5) is 15.6. The lowest BCUT2D eigenvalue weighted by atomic mass is 10.2. The summed E-state index contributed by atoms with van der Waals surface area (Å²) in [5.74, 6) is 1.72. The number of benzene rings is 1. The van der Waals surface area contributed by atoms with Crippen molar-refractivity contribution in [3.63, 3.8) is 0 Å². The van der Waals surface area contributed by atoms with E-state index in [0.29, 0.717) is 19.4 Å². The van der Waals surface area contributed by atoms with E-state index in [0.717, 1.165) is 17.1 Å². The van der Waals surface area contributed by atoms with Gasteiger partial charge in [0.05, 0.1) is 6.04 Å². The van der Waals surface area contributed by atoms with Gasteiger partial charge in [-0.1, -0.05) is 36.4 Å². The summed E-state index contributed by atoms with van der Waals surface area (Å²) in [5.41, 5.74) is 1.05. The first-order chi connectivity index (χ1) is 12.6. The van der Waals surface area contributed by atoms with E-state index in [1.165, 1.54) is 4.88 Å². The van der Waals surface area contributed by atoms with E-state index >= 15 is 0 Å². The van der Waals surface area contributed by atoms with E-state index in [9.17, 15) is 4.79 Å². The van der Waals surface area contributed by atoms with E-state index in [1.54, 1.807) is 11.3 Å². The summed E-state index contributed by atoms with van der Waals surface area (Å²) < 4.78 is 5.86. The number of carbonyl (C=O) groups excluding carboxylic acids is 1. The fraction of sp³-hybridized carbons (Fsp3) is 0.286. The van der Waals surface area contributed by atoms with Crippen LogP contribution in [0.3, 0.4) is 0 Å². The summed E-state index contributed by atoms with van der Waals surface area (Å²) >= 11 is 1.71. The van der Waals surface area contributed by atoms with E-state index in [1.807, 2.05) is 62.6 Å². The number of carbonyl (C=O) groups is 1. The third kappa shape index (κ3) is 4.84. The number of nitrogens with one attached hydrogen (secondary N) is 1. The molecule has 136 valence electrons. The zero-order valence-electron chi connectivity index (χ0n) is 15.1. The molecule has 0 radical (unpaired) electrons. The molecule has 0 aliphatic rings. The molecule has 0 saturated heterocycles. The molecule has 0 saturated carbocycles. The van der Waals surface area contributed by atoms with Crippen molar-refractivity contribution < 1.29 is 9.21 Å². The second kappa shape index (κ2) is 8.83. The monoisotopic (exact) mass is 368 g/mol. The van der Waals surface area contributed by atoms with Gasteiger partial charge in [0.1, 0.15) is 11.5 Å². The molecule has 26 heavy (non-hydrogen) atoms. The Balaban J connectivity index is 1.49. The molecule has 0 fully saturated rings. The number of furan rings is 1. The first-order valence-electron chi connectivity index (χ1n) is 8.74. The number of rotatable bonds is 8. The SMILES string of the molecule is CN(C)[C@H](CNC(=O)CCc1ccc(-c2ccccc2)o1)c1cccs1. The highest BCUT2D eigenvalue weighted by Gasteiger charge is 2.16. The van der Waals surface area contributed by atoms with Gasteiger partial charge in [-0.25, -0.2) is 0 Å². The Morgan fingerprint density at radius 1 is 1.12 bits per heavy atom. The summed E-state index contributed by atoms with van der Waals surface area (Å²) in [5, 5.41) is 5.11. The molecular formula is C21H24N2O2S. The molecule has 0 spiro atoms. The molecule has 0 aliphatic heterocycles. The lowest BCUT2D eigenvalue weighted by molar-refractivity contribution is -0.121. The summed E-state index contributed by atoms with van der Waals surface area (Å²) in [7, 11) is 4.06. The van der Waals surface area contributed by atoms with E-state index < -0.39 is 0 Å². The molecule has 2 heterocycles. The minimum Gasteiger partial charge on any atom is -0.461 e. The van der Waals surface area contributed by atoms with Crippen LogP contribution in [0.1, 0.15) is 23.1 Å². The Hall–Kier alpha value is -2.37. The van der Waals surface area contributed by atoms with Gasteiger partial charge >= 0.3 is 0 Å². The van der Waals surface area contributed by atoms with Crippen molar-refractivity contribution in [2.45, 2.75) is 18.9 Å². The van der Waals surface area contributed by atoms with Crippen molar-refractivity contribution in [2.75, 3.05) is 20.6 Å². The third-order valence-corrected chi connectivity index (χ3v) is 5.28. The average Bonchev–Trinajstić information content (AvgIpc) is 3.33. The quantitative estimate of drug-likeness (QED) is 0.642. The topological polar surface area (TPSA) is 45.5 Å². The van der Waals surface area contributed by atoms with Gasteiger partial charge < -0.3 is 14.6 Å². The molecule has 4 nitrogen and oxygen atoms in total. The second-order valence-electron chi connectivity index (χ2n) is 6.43. The van der Waals surface area contributed by atoms with Crippen LogP contribution in [0.5, 0.6) is 0 Å². The van der Waals surface area contributed by atoms with Crippen molar-refractivity contribution in [2.24, 2.45) is 0 Å². The van der Waals surface area contributed by atoms with Gasteiger partial charge in [-0.05, 0) is 37.7 Å². The number of thiophene rings is 1. The molecule has 1 aromatic carbocycles. The predicted molar refractivity (Wildman–Crippen MR) is 106 cm³/mol. The Kier molecular flexibility index (Phi) is 6.26. The first kappa shape index (κ1) is 18.4. The smallest absolute Gasteiger partial charge is 0.220 e. The average molecular weight is 369 g/mol. The van der Waals surface area contributed by atoms with Gasteiger partial charge in [-0.3, -0.25) is 4.79 Å². The van der Waals surface area contributed by atoms with Crippen LogP contribution in [0.25, 0.3) is 11.3 Å². The summed E-state index contributed by atoms with van der Waals surface area (Å²) in [6.45, 7) is 0.611. The Morgan fingerprint density at radius 3 is 2.62 bits per heavy atom. The number of hydrogen-bond acceptors (Lipinski definition) is 4. The number of aryl methyl sites for hydroxylation is 1. The standard InChI is InChI=1S/C21H24N2O2S/c1-23(2)18(20-9-6-14-26-20)15-22-21(24)13-11-17-10-12-19(25-17)16-7-4-3-5-8-16/h3-10,12,14,18H,11,13,15H2,1-2H3,(H,22,24)/t18-/m1/s1. The first-order valence-corrected chi connectivity index (χ1v) is 9.62. The van der Waals surface area contributed by atoms with Crippen molar-refractivity contribution >= 4 is 17.2 Å². The molecule has 0 aliphatic carbocycles. The number of hydrogen-bond donors (Lipinski definition) is 1. The van der Waals surface area contributed by atoms with E-state index in [2.05, 4.69) is 21.7 Å². The normalized spacial score (nSPS) is 12.3. The number of nitrogens with zero attached hydrogens (tertiary/aromatic N) is 1. The van der Waals surface area contributed by atoms with Crippen molar-refractivity contribution in [3.8, 4) is 11.3 Å². The van der Waals surface area contributed by atoms with E-state index in [4.69, 9.17) is 4.42 Å². The molecule has 1 amide bonds. The zero-order valence-corrected chi connectivity index (χ0v) is 16.0. The largest absolute Gasteiger partial charge is 0.461 e. The number of likely N-dealkylation sites (N-methyl/N-ethyl adjacent to an activating group) is 1. The molecule has 5 heteroatoms. The highest BCUT2D eigenvalue weighted by Crippen LogP contribution is 2.23. The fourth-order valence-corrected chi connectivity index (χ4v) is 3.75. The van der Waals surface area contributed by atoms with Gasteiger partial charge in [-0.2, -0.15) is 0 Å². The molecule has 3 aromatic rings. The highest BCUT2D eigenvalue weighted by molar-refractivity contribution is 7.10. The second-order valence-corrected chi connectivity index (χ2v) is 7.41. The van der Waals surface area contributed by atoms with Crippen LogP contribution in [0.4, 0.5) is 0 Å². The lowest BCUT2D eigenvalue weighted by Gasteiger charge is -2.23. The van der Waals surface area contributed by atoms with Crippen LogP contribution < -0.4 is 5.32 Å². The third-order valence-electron chi connectivity index (χ3n) is 4.31. The Morgan fingerprint density at radius 2 is 1.92 bits per heavy atom. The van der Waals surface area contributed by atoms with Crippen LogP contribution in [-0.4, -0.2) is 31.4 Å². The molecular weight excluding hydrogens is 344 g/mol. The maximum absolute atomic E-state index is 12.2. The van der Waals surface area contributed by atoms with Crippen LogP contribution in [-0.2, 0) is 11.2 Å². The minimum absolute atomic E-state index is 0.0473. The van der Waals surface area contributed by atoms with Crippen LogP contribution >= 0.6 is 11.3 Å². The lowest BCUT2D eigenvalue weighted by Crippen LogP contribution is -2.34.